The number of benzene rings is 2. The SMILES string of the molecule is CCC(C)C(NC(=O)c1ccc(Cl)cc1)C(=O)NCCc1ccc(OC)c(OC)c1. The van der Waals surface area contributed by atoms with Crippen LogP contribution in [0, 0.1) is 5.92 Å². The number of rotatable bonds is 10. The third-order valence-corrected chi connectivity index (χ3v) is 5.30. The number of halogens is 1. The molecule has 0 aromatic heterocycles. The number of carbonyl (C=O) groups excluding carboxylic acids is 2. The molecule has 0 aliphatic rings. The summed E-state index contributed by atoms with van der Waals surface area (Å²) in [6, 6.07) is 11.6. The second-order valence-corrected chi connectivity index (χ2v) is 7.51. The highest BCUT2D eigenvalue weighted by molar-refractivity contribution is 6.30. The van der Waals surface area contributed by atoms with Crippen LogP contribution in [0.15, 0.2) is 42.5 Å². The average Bonchev–Trinajstić information content (AvgIpc) is 2.76. The minimum atomic E-state index is -0.622. The molecule has 0 saturated carbocycles. The first-order valence-electron chi connectivity index (χ1n) is 9.94. The van der Waals surface area contributed by atoms with Crippen molar-refractivity contribution in [3.05, 3.63) is 58.6 Å². The molecule has 0 heterocycles. The summed E-state index contributed by atoms with van der Waals surface area (Å²) in [5.74, 6) is 0.794. The molecular weight excluding hydrogens is 404 g/mol. The molecule has 2 amide bonds. The van der Waals surface area contributed by atoms with Gasteiger partial charge >= 0.3 is 0 Å². The average molecular weight is 433 g/mol. The lowest BCUT2D eigenvalue weighted by atomic mass is 9.97. The van der Waals surface area contributed by atoms with Crippen molar-refractivity contribution in [1.82, 2.24) is 10.6 Å². The Morgan fingerprint density at radius 3 is 2.30 bits per heavy atom. The standard InChI is InChI=1S/C23H29ClN2O4/c1-5-15(2)21(26-22(27)17-7-9-18(24)10-8-17)23(28)25-13-12-16-6-11-19(29-3)20(14-16)30-4/h6-11,14-15,21H,5,12-13H2,1-4H3,(H,25,28)(H,26,27). The van der Waals surface area contributed by atoms with E-state index in [0.717, 1.165) is 12.0 Å². The summed E-state index contributed by atoms with van der Waals surface area (Å²) in [5.41, 5.74) is 1.48. The smallest absolute Gasteiger partial charge is 0.251 e. The summed E-state index contributed by atoms with van der Waals surface area (Å²) in [4.78, 5) is 25.3. The van der Waals surface area contributed by atoms with E-state index in [1.165, 1.54) is 0 Å². The highest BCUT2D eigenvalue weighted by Crippen LogP contribution is 2.27. The van der Waals surface area contributed by atoms with Crippen molar-refractivity contribution in [2.24, 2.45) is 5.92 Å². The molecular formula is C23H29ClN2O4. The fourth-order valence-corrected chi connectivity index (χ4v) is 3.13. The topological polar surface area (TPSA) is 76.7 Å². The van der Waals surface area contributed by atoms with Crippen LogP contribution in [0.2, 0.25) is 5.02 Å². The van der Waals surface area contributed by atoms with Crippen LogP contribution in [0.25, 0.3) is 0 Å². The lowest BCUT2D eigenvalue weighted by molar-refractivity contribution is -0.124. The molecule has 0 radical (unpaired) electrons. The molecule has 2 aromatic rings. The second-order valence-electron chi connectivity index (χ2n) is 7.07. The molecule has 162 valence electrons. The molecule has 0 spiro atoms. The van der Waals surface area contributed by atoms with Crippen LogP contribution in [0.5, 0.6) is 11.5 Å². The molecule has 0 saturated heterocycles. The summed E-state index contributed by atoms with van der Waals surface area (Å²) in [5, 5.41) is 6.34. The Morgan fingerprint density at radius 1 is 1.03 bits per heavy atom. The molecule has 2 N–H and O–H groups in total. The maximum absolute atomic E-state index is 12.8. The first-order valence-corrected chi connectivity index (χ1v) is 10.3. The predicted molar refractivity (Wildman–Crippen MR) is 118 cm³/mol. The largest absolute Gasteiger partial charge is 0.493 e. The van der Waals surface area contributed by atoms with Crippen LogP contribution >= 0.6 is 11.6 Å². The normalized spacial score (nSPS) is 12.6. The van der Waals surface area contributed by atoms with Crippen LogP contribution in [-0.2, 0) is 11.2 Å². The first-order chi connectivity index (χ1) is 14.4. The molecule has 2 unspecified atom stereocenters. The summed E-state index contributed by atoms with van der Waals surface area (Å²) in [6.07, 6.45) is 1.39. The fourth-order valence-electron chi connectivity index (χ4n) is 3.00. The number of amides is 2. The van der Waals surface area contributed by atoms with E-state index in [4.69, 9.17) is 21.1 Å². The zero-order valence-electron chi connectivity index (χ0n) is 17.8. The zero-order valence-corrected chi connectivity index (χ0v) is 18.6. The maximum Gasteiger partial charge on any atom is 0.251 e. The lowest BCUT2D eigenvalue weighted by Crippen LogP contribution is -2.50. The molecule has 0 aliphatic carbocycles. The third-order valence-electron chi connectivity index (χ3n) is 5.05. The Hall–Kier alpha value is -2.73. The van der Waals surface area contributed by atoms with E-state index in [0.29, 0.717) is 35.1 Å². The van der Waals surface area contributed by atoms with Crippen LogP contribution in [0.4, 0.5) is 0 Å². The fraction of sp³-hybridized carbons (Fsp3) is 0.391. The predicted octanol–water partition coefficient (Wildman–Crippen LogP) is 3.86. The van der Waals surface area contributed by atoms with Crippen LogP contribution in [0.1, 0.15) is 36.2 Å². The molecule has 6 nitrogen and oxygen atoms in total. The van der Waals surface area contributed by atoms with E-state index in [2.05, 4.69) is 10.6 Å². The van der Waals surface area contributed by atoms with Gasteiger partial charge in [0, 0.05) is 17.1 Å². The first kappa shape index (κ1) is 23.5. The van der Waals surface area contributed by atoms with E-state index in [-0.39, 0.29) is 17.7 Å². The van der Waals surface area contributed by atoms with E-state index >= 15 is 0 Å². The van der Waals surface area contributed by atoms with Gasteiger partial charge in [0.1, 0.15) is 6.04 Å². The van der Waals surface area contributed by atoms with Crippen molar-refractivity contribution in [2.45, 2.75) is 32.7 Å². The van der Waals surface area contributed by atoms with Gasteiger partial charge in [0.25, 0.3) is 5.91 Å². The third kappa shape index (κ3) is 6.39. The minimum Gasteiger partial charge on any atom is -0.493 e. The van der Waals surface area contributed by atoms with Gasteiger partial charge in [0.05, 0.1) is 14.2 Å². The highest BCUT2D eigenvalue weighted by atomic mass is 35.5. The van der Waals surface area contributed by atoms with Gasteiger partial charge in [-0.25, -0.2) is 0 Å². The Balaban J connectivity index is 1.98. The van der Waals surface area contributed by atoms with E-state index in [1.54, 1.807) is 38.5 Å². The summed E-state index contributed by atoms with van der Waals surface area (Å²) < 4.78 is 10.6. The van der Waals surface area contributed by atoms with Gasteiger partial charge in [-0.2, -0.15) is 0 Å². The Bertz CT molecular complexity index is 855. The summed E-state index contributed by atoms with van der Waals surface area (Å²) in [7, 11) is 3.18. The second kappa shape index (κ2) is 11.5. The molecule has 7 heteroatoms. The summed E-state index contributed by atoms with van der Waals surface area (Å²) in [6.45, 7) is 4.38. The summed E-state index contributed by atoms with van der Waals surface area (Å²) >= 11 is 5.88. The van der Waals surface area contributed by atoms with Crippen molar-refractivity contribution in [2.75, 3.05) is 20.8 Å². The van der Waals surface area contributed by atoms with Crippen molar-refractivity contribution < 1.29 is 19.1 Å². The number of ether oxygens (including phenoxy) is 2. The Kier molecular flexibility index (Phi) is 8.99. The van der Waals surface area contributed by atoms with Crippen LogP contribution in [0.3, 0.4) is 0 Å². The number of nitrogens with one attached hydrogen (secondary N) is 2. The van der Waals surface area contributed by atoms with Gasteiger partial charge in [-0.1, -0.05) is 37.9 Å². The molecule has 0 fully saturated rings. The van der Waals surface area contributed by atoms with Gasteiger partial charge in [0.15, 0.2) is 11.5 Å². The highest BCUT2D eigenvalue weighted by Gasteiger charge is 2.26. The monoisotopic (exact) mass is 432 g/mol. The maximum atomic E-state index is 12.8. The molecule has 2 rings (SSSR count). The Labute approximate surface area is 182 Å². The van der Waals surface area contributed by atoms with Crippen LogP contribution < -0.4 is 20.1 Å². The van der Waals surface area contributed by atoms with Crippen molar-refractivity contribution >= 4 is 23.4 Å². The van der Waals surface area contributed by atoms with Gasteiger partial charge in [-0.15, -0.1) is 0 Å². The van der Waals surface area contributed by atoms with Gasteiger partial charge in [-0.3, -0.25) is 9.59 Å². The van der Waals surface area contributed by atoms with Crippen molar-refractivity contribution in [3.8, 4) is 11.5 Å². The molecule has 2 atom stereocenters. The van der Waals surface area contributed by atoms with Crippen molar-refractivity contribution in [1.29, 1.82) is 0 Å². The quantitative estimate of drug-likeness (QED) is 0.597. The number of hydrogen-bond acceptors (Lipinski definition) is 4. The minimum absolute atomic E-state index is 0.0117. The number of methoxy groups -OCH3 is 2. The van der Waals surface area contributed by atoms with E-state index in [1.807, 2.05) is 32.0 Å². The van der Waals surface area contributed by atoms with Gasteiger partial charge in [0.2, 0.25) is 5.91 Å². The van der Waals surface area contributed by atoms with E-state index in [9.17, 15) is 9.59 Å². The van der Waals surface area contributed by atoms with Gasteiger partial charge in [-0.05, 0) is 54.3 Å². The number of hydrogen-bond donors (Lipinski definition) is 2. The molecule has 30 heavy (non-hydrogen) atoms. The zero-order chi connectivity index (χ0) is 22.1. The van der Waals surface area contributed by atoms with Gasteiger partial charge < -0.3 is 20.1 Å². The van der Waals surface area contributed by atoms with E-state index < -0.39 is 6.04 Å². The van der Waals surface area contributed by atoms with Crippen molar-refractivity contribution in [3.63, 3.8) is 0 Å². The molecule has 0 bridgehead atoms. The Morgan fingerprint density at radius 2 is 1.70 bits per heavy atom. The molecule has 2 aromatic carbocycles. The lowest BCUT2D eigenvalue weighted by Gasteiger charge is -2.23. The van der Waals surface area contributed by atoms with Crippen LogP contribution in [-0.4, -0.2) is 38.6 Å². The number of carbonyl (C=O) groups is 2. The molecule has 0 aliphatic heterocycles.